The van der Waals surface area contributed by atoms with E-state index in [1.807, 2.05) is 31.2 Å². The number of hydrogen-bond acceptors (Lipinski definition) is 3. The van der Waals surface area contributed by atoms with Crippen molar-refractivity contribution in [2.24, 2.45) is 11.0 Å². The highest BCUT2D eigenvalue weighted by Crippen LogP contribution is 2.25. The molecule has 5 nitrogen and oxygen atoms in total. The van der Waals surface area contributed by atoms with Crippen LogP contribution in [0.5, 0.6) is 0 Å². The summed E-state index contributed by atoms with van der Waals surface area (Å²) >= 11 is 6.02. The lowest BCUT2D eigenvalue weighted by Crippen LogP contribution is -2.24. The van der Waals surface area contributed by atoms with Gasteiger partial charge >= 0.3 is 0 Å². The summed E-state index contributed by atoms with van der Waals surface area (Å²) in [6, 6.07) is 14.3. The molecule has 1 saturated carbocycles. The van der Waals surface area contributed by atoms with Gasteiger partial charge in [0.15, 0.2) is 0 Å². The van der Waals surface area contributed by atoms with Crippen LogP contribution in [-0.2, 0) is 4.79 Å². The maximum absolute atomic E-state index is 12.3. The minimum absolute atomic E-state index is 0.102. The van der Waals surface area contributed by atoms with Crippen molar-refractivity contribution >= 4 is 34.8 Å². The first kappa shape index (κ1) is 20.1. The van der Waals surface area contributed by atoms with Crippen molar-refractivity contribution in [1.82, 2.24) is 5.43 Å². The molecule has 1 aliphatic rings. The summed E-state index contributed by atoms with van der Waals surface area (Å²) in [6.07, 6.45) is 5.44. The van der Waals surface area contributed by atoms with Gasteiger partial charge in [-0.25, -0.2) is 5.43 Å². The number of carbonyl (C=O) groups is 2. The predicted octanol–water partition coefficient (Wildman–Crippen LogP) is 5.01. The van der Waals surface area contributed by atoms with Gasteiger partial charge < -0.3 is 5.32 Å². The molecule has 28 heavy (non-hydrogen) atoms. The van der Waals surface area contributed by atoms with Crippen LogP contribution in [0.25, 0.3) is 0 Å². The molecule has 1 fully saturated rings. The van der Waals surface area contributed by atoms with E-state index in [1.165, 1.54) is 6.42 Å². The van der Waals surface area contributed by atoms with Crippen LogP contribution in [-0.4, -0.2) is 17.5 Å². The summed E-state index contributed by atoms with van der Waals surface area (Å²) < 4.78 is 0. The second kappa shape index (κ2) is 9.51. The fraction of sp³-hybridized carbons (Fsp3) is 0.318. The molecular weight excluding hydrogens is 374 g/mol. The molecule has 6 heteroatoms. The van der Waals surface area contributed by atoms with Gasteiger partial charge in [0, 0.05) is 11.6 Å². The van der Waals surface area contributed by atoms with Crippen LogP contribution < -0.4 is 10.7 Å². The molecule has 3 rings (SSSR count). The normalized spacial score (nSPS) is 15.1. The number of benzene rings is 2. The summed E-state index contributed by atoms with van der Waals surface area (Å²) in [7, 11) is 0. The summed E-state index contributed by atoms with van der Waals surface area (Å²) in [5.41, 5.74) is 5.18. The van der Waals surface area contributed by atoms with Crippen molar-refractivity contribution in [1.29, 1.82) is 0 Å². The molecule has 2 aromatic carbocycles. The Kier molecular flexibility index (Phi) is 6.82. The molecule has 0 aliphatic heterocycles. The Morgan fingerprint density at radius 3 is 2.36 bits per heavy atom. The van der Waals surface area contributed by atoms with Crippen LogP contribution in [0.1, 0.15) is 54.9 Å². The van der Waals surface area contributed by atoms with Gasteiger partial charge in [0.05, 0.1) is 16.3 Å². The average molecular weight is 398 g/mol. The number of nitrogens with zero attached hydrogens (tertiary/aromatic N) is 1. The van der Waals surface area contributed by atoms with E-state index in [4.69, 9.17) is 11.6 Å². The smallest absolute Gasteiger partial charge is 0.272 e. The molecule has 2 amide bonds. The van der Waals surface area contributed by atoms with Crippen LogP contribution in [0.4, 0.5) is 5.69 Å². The zero-order valence-electron chi connectivity index (χ0n) is 15.9. The Balaban J connectivity index is 1.59. The Morgan fingerprint density at radius 2 is 1.68 bits per heavy atom. The van der Waals surface area contributed by atoms with Crippen LogP contribution in [0.15, 0.2) is 53.6 Å². The van der Waals surface area contributed by atoms with Crippen molar-refractivity contribution in [2.75, 3.05) is 5.32 Å². The quantitative estimate of drug-likeness (QED) is 0.549. The maximum atomic E-state index is 12.3. The lowest BCUT2D eigenvalue weighted by molar-refractivity contribution is -0.120. The van der Waals surface area contributed by atoms with Gasteiger partial charge in [0.2, 0.25) is 5.91 Å². The van der Waals surface area contributed by atoms with Crippen LogP contribution in [0.2, 0.25) is 5.02 Å². The zero-order valence-corrected chi connectivity index (χ0v) is 16.6. The Hall–Kier alpha value is -2.66. The molecule has 2 aromatic rings. The van der Waals surface area contributed by atoms with E-state index in [0.29, 0.717) is 16.3 Å². The van der Waals surface area contributed by atoms with Gasteiger partial charge in [-0.2, -0.15) is 5.10 Å². The number of amides is 2. The fourth-order valence-electron chi connectivity index (χ4n) is 3.31. The fourth-order valence-corrected chi connectivity index (χ4v) is 3.53. The minimum atomic E-state index is -0.360. The van der Waals surface area contributed by atoms with E-state index < -0.39 is 0 Å². The largest absolute Gasteiger partial charge is 0.326 e. The van der Waals surface area contributed by atoms with Crippen LogP contribution in [0.3, 0.4) is 0 Å². The molecule has 0 aromatic heterocycles. The number of carbonyl (C=O) groups excluding carboxylic acids is 2. The molecular formula is C22H24ClN3O2. The highest BCUT2D eigenvalue weighted by molar-refractivity contribution is 6.33. The van der Waals surface area contributed by atoms with E-state index in [9.17, 15) is 9.59 Å². The summed E-state index contributed by atoms with van der Waals surface area (Å²) in [6.45, 7) is 1.81. The van der Waals surface area contributed by atoms with Crippen LogP contribution >= 0.6 is 11.6 Å². The molecule has 2 N–H and O–H groups in total. The van der Waals surface area contributed by atoms with Crippen LogP contribution in [0, 0.1) is 5.92 Å². The average Bonchev–Trinajstić information content (AvgIpc) is 2.73. The Bertz CT molecular complexity index is 872. The molecule has 146 valence electrons. The van der Waals surface area contributed by atoms with Gasteiger partial charge in [0.25, 0.3) is 5.91 Å². The van der Waals surface area contributed by atoms with E-state index in [1.54, 1.807) is 24.3 Å². The number of rotatable bonds is 5. The summed E-state index contributed by atoms with van der Waals surface area (Å²) in [4.78, 5) is 24.5. The molecule has 0 heterocycles. The topological polar surface area (TPSA) is 70.6 Å². The molecule has 1 aliphatic carbocycles. The Morgan fingerprint density at radius 1 is 1.00 bits per heavy atom. The highest BCUT2D eigenvalue weighted by atomic mass is 35.5. The van der Waals surface area contributed by atoms with Crippen molar-refractivity contribution in [3.63, 3.8) is 0 Å². The number of anilines is 1. The maximum Gasteiger partial charge on any atom is 0.272 e. The second-order valence-corrected chi connectivity index (χ2v) is 7.43. The SMILES string of the molecule is C/C(=N\NC(=O)c1ccccc1Cl)c1ccc(NC(=O)C2CCCCC2)cc1. The molecule has 0 spiro atoms. The third kappa shape index (κ3) is 5.20. The molecule has 0 bridgehead atoms. The standard InChI is InChI=1S/C22H24ClN3O2/c1-15(25-26-22(28)19-9-5-6-10-20(19)23)16-11-13-18(14-12-16)24-21(27)17-7-3-2-4-8-17/h5-6,9-14,17H,2-4,7-8H2,1H3,(H,24,27)(H,26,28)/b25-15+. The van der Waals surface area contributed by atoms with Gasteiger partial charge in [-0.1, -0.05) is 55.1 Å². The van der Waals surface area contributed by atoms with Crippen molar-refractivity contribution < 1.29 is 9.59 Å². The van der Waals surface area contributed by atoms with Crippen molar-refractivity contribution in [3.8, 4) is 0 Å². The van der Waals surface area contributed by atoms with Gasteiger partial charge in [0.1, 0.15) is 0 Å². The molecule has 0 unspecified atom stereocenters. The highest BCUT2D eigenvalue weighted by Gasteiger charge is 2.21. The first-order valence-corrected chi connectivity index (χ1v) is 9.93. The third-order valence-electron chi connectivity index (χ3n) is 4.99. The van der Waals surface area contributed by atoms with E-state index in [2.05, 4.69) is 15.8 Å². The molecule has 0 atom stereocenters. The molecule has 0 radical (unpaired) electrons. The number of halogens is 1. The summed E-state index contributed by atoms with van der Waals surface area (Å²) in [5, 5.41) is 7.52. The number of hydrogen-bond donors (Lipinski definition) is 2. The lowest BCUT2D eigenvalue weighted by atomic mass is 9.88. The summed E-state index contributed by atoms with van der Waals surface area (Å²) in [5.74, 6) is -0.136. The van der Waals surface area contributed by atoms with E-state index >= 15 is 0 Å². The molecule has 0 saturated heterocycles. The monoisotopic (exact) mass is 397 g/mol. The number of hydrazone groups is 1. The third-order valence-corrected chi connectivity index (χ3v) is 5.32. The Labute approximate surface area is 170 Å². The predicted molar refractivity (Wildman–Crippen MR) is 113 cm³/mol. The number of nitrogens with one attached hydrogen (secondary N) is 2. The lowest BCUT2D eigenvalue weighted by Gasteiger charge is -2.20. The van der Waals surface area contributed by atoms with Gasteiger partial charge in [-0.3, -0.25) is 9.59 Å². The van der Waals surface area contributed by atoms with Crippen molar-refractivity contribution in [3.05, 3.63) is 64.7 Å². The van der Waals surface area contributed by atoms with Gasteiger partial charge in [-0.05, 0) is 49.6 Å². The first-order valence-electron chi connectivity index (χ1n) is 9.55. The minimum Gasteiger partial charge on any atom is -0.326 e. The first-order chi connectivity index (χ1) is 13.5. The van der Waals surface area contributed by atoms with Crippen molar-refractivity contribution in [2.45, 2.75) is 39.0 Å². The van der Waals surface area contributed by atoms with E-state index in [-0.39, 0.29) is 17.7 Å². The zero-order chi connectivity index (χ0) is 19.9. The van der Waals surface area contributed by atoms with E-state index in [0.717, 1.165) is 36.9 Å². The second-order valence-electron chi connectivity index (χ2n) is 7.02. The van der Waals surface area contributed by atoms with Gasteiger partial charge in [-0.15, -0.1) is 0 Å².